The predicted molar refractivity (Wildman–Crippen MR) is 77.7 cm³/mol. The molecule has 4 nitrogen and oxygen atoms in total. The number of carbonyl (C=O) groups is 1. The van der Waals surface area contributed by atoms with E-state index in [0.717, 1.165) is 11.1 Å². The van der Waals surface area contributed by atoms with Gasteiger partial charge in [-0.15, -0.1) is 0 Å². The number of hydrogen-bond acceptors (Lipinski definition) is 4. The van der Waals surface area contributed by atoms with Crippen molar-refractivity contribution in [3.8, 4) is 5.75 Å². The van der Waals surface area contributed by atoms with Crippen molar-refractivity contribution < 1.29 is 19.7 Å². The standard InChI is InChI=1S/C16H24O4/c1-11-5-6-12(9-14(11)18)13(10-17)7-8-15(19)20-16(2,3)4/h5-6,9,13,17-18H,7-8,10H2,1-4H3/t13-/m1/s1/i17T. The van der Waals surface area contributed by atoms with Gasteiger partial charge in [0.15, 0.2) is 0 Å². The van der Waals surface area contributed by atoms with E-state index in [1.165, 1.54) is 0 Å². The lowest BCUT2D eigenvalue weighted by molar-refractivity contribution is -0.155. The highest BCUT2D eigenvalue weighted by Crippen LogP contribution is 2.26. The third kappa shape index (κ3) is 5.21. The van der Waals surface area contributed by atoms with E-state index in [0.29, 0.717) is 6.42 Å². The first-order chi connectivity index (χ1) is 9.73. The smallest absolute Gasteiger partial charge is 0.306 e. The summed E-state index contributed by atoms with van der Waals surface area (Å²) in [7, 11) is 0. The summed E-state index contributed by atoms with van der Waals surface area (Å²) in [4.78, 5) is 11.8. The molecule has 0 saturated carbocycles. The quantitative estimate of drug-likeness (QED) is 0.787. The number of hydrogen-bond donors (Lipinski definition) is 2. The van der Waals surface area contributed by atoms with Crippen LogP contribution >= 0.6 is 0 Å². The summed E-state index contributed by atoms with van der Waals surface area (Å²) in [6, 6.07) is 5.36. The second-order valence-corrected chi connectivity index (χ2v) is 6.03. The molecule has 0 aliphatic heterocycles. The Hall–Kier alpha value is -1.55. The van der Waals surface area contributed by atoms with Crippen molar-refractivity contribution in [2.24, 2.45) is 0 Å². The number of aryl methyl sites for hydroxylation is 1. The fourth-order valence-electron chi connectivity index (χ4n) is 1.91. The maximum absolute atomic E-state index is 11.8. The first-order valence-electron chi connectivity index (χ1n) is 7.23. The molecule has 0 bridgehead atoms. The number of aliphatic hydroxyl groups is 1. The van der Waals surface area contributed by atoms with Gasteiger partial charge in [0.1, 0.15) is 11.4 Å². The van der Waals surface area contributed by atoms with Crippen molar-refractivity contribution in [2.45, 2.75) is 52.1 Å². The first kappa shape index (κ1) is 14.9. The van der Waals surface area contributed by atoms with Gasteiger partial charge in [-0.05, 0) is 51.3 Å². The van der Waals surface area contributed by atoms with Crippen LogP contribution in [0.4, 0.5) is 0 Å². The number of rotatable bonds is 6. The third-order valence-corrected chi connectivity index (χ3v) is 3.02. The molecule has 0 aliphatic rings. The number of aliphatic hydroxyl groups excluding tert-OH is 1. The average molecular weight is 282 g/mol. The molecule has 0 fully saturated rings. The fourth-order valence-corrected chi connectivity index (χ4v) is 1.91. The number of phenolic OH excluding ortho intramolecular Hbond substituents is 1. The highest BCUT2D eigenvalue weighted by molar-refractivity contribution is 5.69. The molecule has 0 amide bonds. The second-order valence-electron chi connectivity index (χ2n) is 6.03. The largest absolute Gasteiger partial charge is 0.508 e. The molecule has 0 spiro atoms. The molecule has 0 heterocycles. The Balaban J connectivity index is 2.69. The molecular formula is C16H24O4. The predicted octanol–water partition coefficient (Wildman–Crippen LogP) is 2.90. The van der Waals surface area contributed by atoms with Crippen LogP contribution in [0.2, 0.25) is 0 Å². The van der Waals surface area contributed by atoms with Gasteiger partial charge in [0.2, 0.25) is 1.43 Å². The molecule has 0 saturated heterocycles. The minimum absolute atomic E-state index is 0.124. The zero-order chi connectivity index (χ0) is 16.0. The summed E-state index contributed by atoms with van der Waals surface area (Å²) >= 11 is 0. The van der Waals surface area contributed by atoms with E-state index in [1.807, 2.05) is 39.8 Å². The van der Waals surface area contributed by atoms with Crippen molar-refractivity contribution in [3.63, 3.8) is 0 Å². The van der Waals surface area contributed by atoms with Crippen molar-refractivity contribution >= 4 is 5.97 Å². The second kappa shape index (κ2) is 6.75. The van der Waals surface area contributed by atoms with Gasteiger partial charge in [-0.25, -0.2) is 0 Å². The Morgan fingerprint density at radius 3 is 2.70 bits per heavy atom. The van der Waals surface area contributed by atoms with Gasteiger partial charge >= 0.3 is 5.97 Å². The molecular weight excluding hydrogens is 256 g/mol. The van der Waals surface area contributed by atoms with E-state index in [2.05, 4.69) is 5.11 Å². The van der Waals surface area contributed by atoms with E-state index in [1.54, 1.807) is 6.07 Å². The molecule has 2 N–H and O–H groups in total. The Bertz CT molecular complexity index is 480. The molecule has 0 radical (unpaired) electrons. The molecule has 0 aromatic heterocycles. The summed E-state index contributed by atoms with van der Waals surface area (Å²) in [5, 5.41) is 14.2. The van der Waals surface area contributed by atoms with Crippen LogP contribution in [0, 0.1) is 6.92 Å². The highest BCUT2D eigenvalue weighted by atomic mass is 16.6. The van der Waals surface area contributed by atoms with E-state index in [-0.39, 0.29) is 30.7 Å². The summed E-state index contributed by atoms with van der Waals surface area (Å²) in [6.07, 6.45) is 0.760. The van der Waals surface area contributed by atoms with Gasteiger partial charge in [-0.1, -0.05) is 12.1 Å². The van der Waals surface area contributed by atoms with Gasteiger partial charge in [0, 0.05) is 18.9 Å². The van der Waals surface area contributed by atoms with Crippen LogP contribution < -0.4 is 0 Å². The van der Waals surface area contributed by atoms with E-state index in [9.17, 15) is 9.90 Å². The van der Waals surface area contributed by atoms with E-state index >= 15 is 0 Å². The van der Waals surface area contributed by atoms with E-state index < -0.39 is 5.60 Å². The lowest BCUT2D eigenvalue weighted by Crippen LogP contribution is -2.24. The molecule has 112 valence electrons. The average Bonchev–Trinajstić information content (AvgIpc) is 2.36. The Kier molecular flexibility index (Phi) is 5.01. The molecule has 20 heavy (non-hydrogen) atoms. The van der Waals surface area contributed by atoms with Crippen LogP contribution in [0.5, 0.6) is 5.75 Å². The van der Waals surface area contributed by atoms with Crippen LogP contribution in [-0.2, 0) is 9.53 Å². The number of carbonyl (C=O) groups excluding carboxylic acids is 1. The van der Waals surface area contributed by atoms with Crippen molar-refractivity contribution in [2.75, 3.05) is 6.61 Å². The molecule has 4 heteroatoms. The highest BCUT2D eigenvalue weighted by Gasteiger charge is 2.19. The number of benzene rings is 1. The van der Waals surface area contributed by atoms with E-state index in [4.69, 9.17) is 6.17 Å². The van der Waals surface area contributed by atoms with Gasteiger partial charge in [-0.2, -0.15) is 0 Å². The molecule has 1 aromatic rings. The monoisotopic (exact) mass is 282 g/mol. The number of esters is 1. The van der Waals surface area contributed by atoms with Gasteiger partial charge < -0.3 is 15.0 Å². The first-order valence-corrected chi connectivity index (χ1v) is 6.82. The maximum Gasteiger partial charge on any atom is 0.306 e. The molecule has 0 aliphatic carbocycles. The van der Waals surface area contributed by atoms with Gasteiger partial charge in [0.05, 0.1) is 0 Å². The minimum atomic E-state index is -0.499. The van der Waals surface area contributed by atoms with Crippen LogP contribution in [0.25, 0.3) is 0 Å². The zero-order valence-corrected chi connectivity index (χ0v) is 12.6. The number of phenols is 1. The molecule has 1 aromatic carbocycles. The van der Waals surface area contributed by atoms with Crippen molar-refractivity contribution in [3.05, 3.63) is 29.3 Å². The SMILES string of the molecule is [3H]OC[C@@H](CCC(=O)OC(C)(C)C)c1ccc(C)c(O)c1. The maximum atomic E-state index is 11.8. The number of ether oxygens (including phenoxy) is 1. The lowest BCUT2D eigenvalue weighted by Gasteiger charge is -2.21. The molecule has 1 atom stereocenters. The normalized spacial score (nSPS) is 13.7. The molecule has 0 unspecified atom stereocenters. The van der Waals surface area contributed by atoms with Crippen molar-refractivity contribution in [1.82, 2.24) is 0 Å². The summed E-state index contributed by atoms with van der Waals surface area (Å²) in [5.74, 6) is -0.185. The van der Waals surface area contributed by atoms with Crippen LogP contribution in [-0.4, -0.2) is 29.8 Å². The minimum Gasteiger partial charge on any atom is -0.508 e. The Morgan fingerprint density at radius 1 is 1.45 bits per heavy atom. The summed E-state index contributed by atoms with van der Waals surface area (Å²) < 4.78 is 12.2. The lowest BCUT2D eigenvalue weighted by atomic mass is 9.94. The van der Waals surface area contributed by atoms with Crippen LogP contribution in [0.1, 0.15) is 50.7 Å². The Morgan fingerprint density at radius 2 is 2.15 bits per heavy atom. The van der Waals surface area contributed by atoms with Crippen LogP contribution in [0.15, 0.2) is 18.2 Å². The topological polar surface area (TPSA) is 66.8 Å². The number of aromatic hydroxyl groups is 1. The summed E-state index contributed by atoms with van der Waals surface area (Å²) in [5.41, 5.74) is 1.14. The van der Waals surface area contributed by atoms with Gasteiger partial charge in [-0.3, -0.25) is 4.79 Å². The molecule has 1 rings (SSSR count). The third-order valence-electron chi connectivity index (χ3n) is 3.02. The van der Waals surface area contributed by atoms with Crippen LogP contribution in [0.3, 0.4) is 0 Å². The fraction of sp³-hybridized carbons (Fsp3) is 0.562. The Labute approximate surface area is 121 Å². The van der Waals surface area contributed by atoms with Gasteiger partial charge in [0.25, 0.3) is 0 Å². The summed E-state index contributed by atoms with van der Waals surface area (Å²) in [6.45, 7) is 7.47. The zero-order valence-electron chi connectivity index (χ0n) is 13.6. The van der Waals surface area contributed by atoms with Crippen molar-refractivity contribution in [1.29, 1.82) is 1.43 Å².